The molecule has 4 rings (SSSR count). The second-order valence-electron chi connectivity index (χ2n) is 7.31. The quantitative estimate of drug-likeness (QED) is 0.808. The molecule has 8 heteroatoms. The Hall–Kier alpha value is -2.97. The highest BCUT2D eigenvalue weighted by molar-refractivity contribution is 7.89. The maximum atomic E-state index is 13.0. The van der Waals surface area contributed by atoms with E-state index in [2.05, 4.69) is 17.4 Å². The van der Waals surface area contributed by atoms with E-state index in [4.69, 9.17) is 0 Å². The molecule has 0 bridgehead atoms. The number of carbonyl (C=O) groups is 2. The fraction of sp³-hybridized carbons (Fsp3) is 0.273. The van der Waals surface area contributed by atoms with Gasteiger partial charge in [0, 0.05) is 31.7 Å². The van der Waals surface area contributed by atoms with Gasteiger partial charge in [-0.15, -0.1) is 0 Å². The lowest BCUT2D eigenvalue weighted by Gasteiger charge is -2.28. The van der Waals surface area contributed by atoms with E-state index in [-0.39, 0.29) is 36.3 Å². The highest BCUT2D eigenvalue weighted by atomic mass is 32.2. The van der Waals surface area contributed by atoms with Crippen LogP contribution in [-0.4, -0.2) is 62.2 Å². The molecule has 2 aliphatic heterocycles. The molecule has 0 aromatic heterocycles. The van der Waals surface area contributed by atoms with E-state index in [1.807, 2.05) is 24.3 Å². The third-order valence-electron chi connectivity index (χ3n) is 5.36. The number of hydrogen-bond donors (Lipinski definition) is 1. The summed E-state index contributed by atoms with van der Waals surface area (Å²) in [6.07, 6.45) is 2.79. The number of nitrogens with zero attached hydrogens (tertiary/aromatic N) is 2. The van der Waals surface area contributed by atoms with Crippen LogP contribution in [-0.2, 0) is 14.8 Å². The van der Waals surface area contributed by atoms with Crippen molar-refractivity contribution in [2.75, 3.05) is 32.7 Å². The molecular formula is C22H23N3O4S. The Labute approximate surface area is 176 Å². The second kappa shape index (κ2) is 8.41. The van der Waals surface area contributed by atoms with Crippen LogP contribution in [0.2, 0.25) is 0 Å². The zero-order chi connectivity index (χ0) is 21.1. The van der Waals surface area contributed by atoms with Gasteiger partial charge >= 0.3 is 0 Å². The van der Waals surface area contributed by atoms with E-state index in [1.54, 1.807) is 17.0 Å². The van der Waals surface area contributed by atoms with E-state index >= 15 is 0 Å². The third-order valence-corrected chi connectivity index (χ3v) is 7.20. The van der Waals surface area contributed by atoms with Gasteiger partial charge in [0.2, 0.25) is 15.9 Å². The van der Waals surface area contributed by atoms with Gasteiger partial charge < -0.3 is 10.2 Å². The first-order valence-electron chi connectivity index (χ1n) is 9.86. The molecule has 0 unspecified atom stereocenters. The Kier molecular flexibility index (Phi) is 5.69. The molecule has 0 atom stereocenters. The number of rotatable bonds is 4. The number of piperazine rings is 1. The first kappa shape index (κ1) is 20.3. The van der Waals surface area contributed by atoms with E-state index < -0.39 is 10.0 Å². The van der Waals surface area contributed by atoms with Crippen molar-refractivity contribution in [2.24, 2.45) is 0 Å². The minimum atomic E-state index is -3.84. The maximum Gasteiger partial charge on any atom is 0.254 e. The predicted molar refractivity (Wildman–Crippen MR) is 113 cm³/mol. The topological polar surface area (TPSA) is 86.8 Å². The molecule has 2 aromatic carbocycles. The molecule has 0 spiro atoms. The molecule has 2 heterocycles. The lowest BCUT2D eigenvalue weighted by molar-refractivity contribution is -0.122. The van der Waals surface area contributed by atoms with Crippen molar-refractivity contribution in [1.29, 1.82) is 0 Å². The summed E-state index contributed by atoms with van der Waals surface area (Å²) in [7, 11) is -3.84. The molecule has 0 radical (unpaired) electrons. The average Bonchev–Trinajstić information content (AvgIpc) is 2.79. The summed E-state index contributed by atoms with van der Waals surface area (Å²) in [5.41, 5.74) is 2.69. The maximum absolute atomic E-state index is 13.0. The number of sulfonamides is 1. The van der Waals surface area contributed by atoms with E-state index in [1.165, 1.54) is 17.7 Å². The molecular weight excluding hydrogens is 402 g/mol. The van der Waals surface area contributed by atoms with E-state index in [9.17, 15) is 18.0 Å². The van der Waals surface area contributed by atoms with Crippen molar-refractivity contribution in [3.8, 4) is 0 Å². The molecule has 1 N–H and O–H groups in total. The fourth-order valence-electron chi connectivity index (χ4n) is 3.71. The zero-order valence-electron chi connectivity index (χ0n) is 16.5. The first-order chi connectivity index (χ1) is 14.4. The van der Waals surface area contributed by atoms with Crippen LogP contribution >= 0.6 is 0 Å². The second-order valence-corrected chi connectivity index (χ2v) is 9.25. The molecule has 1 saturated heterocycles. The summed E-state index contributed by atoms with van der Waals surface area (Å²) in [6, 6.07) is 16.1. The zero-order valence-corrected chi connectivity index (χ0v) is 17.3. The Bertz CT molecular complexity index is 1100. The van der Waals surface area contributed by atoms with Gasteiger partial charge in [-0.25, -0.2) is 8.42 Å². The van der Waals surface area contributed by atoms with Crippen molar-refractivity contribution < 1.29 is 18.0 Å². The fourth-order valence-corrected chi connectivity index (χ4v) is 5.15. The Morgan fingerprint density at radius 1 is 1.00 bits per heavy atom. The number of nitrogens with one attached hydrogen (secondary N) is 1. The SMILES string of the molecule is O=C1CN(S(=O)(=O)c2cccc(C(=O)N3CC=C(c4ccccc4)CC3)c2)CCN1. The summed E-state index contributed by atoms with van der Waals surface area (Å²) in [5, 5.41) is 2.61. The predicted octanol–water partition coefficient (Wildman–Crippen LogP) is 1.74. The van der Waals surface area contributed by atoms with Crippen LogP contribution in [0.15, 0.2) is 65.6 Å². The van der Waals surface area contributed by atoms with Crippen LogP contribution in [0.5, 0.6) is 0 Å². The lowest BCUT2D eigenvalue weighted by atomic mass is 9.99. The normalized spacial score (nSPS) is 17.9. The van der Waals surface area contributed by atoms with Gasteiger partial charge in [-0.2, -0.15) is 4.31 Å². The smallest absolute Gasteiger partial charge is 0.254 e. The third kappa shape index (κ3) is 4.15. The summed E-state index contributed by atoms with van der Waals surface area (Å²) < 4.78 is 26.9. The molecule has 0 aliphatic carbocycles. The molecule has 156 valence electrons. The number of hydrogen-bond acceptors (Lipinski definition) is 4. The van der Waals surface area contributed by atoms with E-state index in [0.29, 0.717) is 18.7 Å². The Morgan fingerprint density at radius 3 is 2.50 bits per heavy atom. The van der Waals surface area contributed by atoms with Crippen molar-refractivity contribution in [3.63, 3.8) is 0 Å². The summed E-state index contributed by atoms with van der Waals surface area (Å²) in [6.45, 7) is 1.33. The molecule has 30 heavy (non-hydrogen) atoms. The summed E-state index contributed by atoms with van der Waals surface area (Å²) in [4.78, 5) is 26.3. The molecule has 1 fully saturated rings. The molecule has 0 saturated carbocycles. The van der Waals surface area contributed by atoms with Crippen LogP contribution in [0.4, 0.5) is 0 Å². The van der Waals surface area contributed by atoms with Gasteiger partial charge in [0.1, 0.15) is 0 Å². The summed E-state index contributed by atoms with van der Waals surface area (Å²) in [5.74, 6) is -0.529. The monoisotopic (exact) mass is 425 g/mol. The minimum absolute atomic E-state index is 0.0283. The highest BCUT2D eigenvalue weighted by Gasteiger charge is 2.30. The van der Waals surface area contributed by atoms with Crippen molar-refractivity contribution >= 4 is 27.4 Å². The first-order valence-corrected chi connectivity index (χ1v) is 11.3. The lowest BCUT2D eigenvalue weighted by Crippen LogP contribution is -2.49. The molecule has 2 aromatic rings. The van der Waals surface area contributed by atoms with Crippen molar-refractivity contribution in [3.05, 3.63) is 71.8 Å². The summed E-state index contributed by atoms with van der Waals surface area (Å²) >= 11 is 0. The van der Waals surface area contributed by atoms with Gasteiger partial charge in [-0.05, 0) is 35.8 Å². The minimum Gasteiger partial charge on any atom is -0.354 e. The van der Waals surface area contributed by atoms with Crippen LogP contribution in [0.25, 0.3) is 5.57 Å². The van der Waals surface area contributed by atoms with Crippen molar-refractivity contribution in [2.45, 2.75) is 11.3 Å². The van der Waals surface area contributed by atoms with Crippen LogP contribution in [0.3, 0.4) is 0 Å². The van der Waals surface area contributed by atoms with Gasteiger partial charge in [-0.3, -0.25) is 9.59 Å². The van der Waals surface area contributed by atoms with Gasteiger partial charge in [0.05, 0.1) is 11.4 Å². The van der Waals surface area contributed by atoms with Gasteiger partial charge in [0.25, 0.3) is 5.91 Å². The van der Waals surface area contributed by atoms with Crippen LogP contribution in [0, 0.1) is 0 Å². The Balaban J connectivity index is 1.51. The molecule has 7 nitrogen and oxygen atoms in total. The van der Waals surface area contributed by atoms with Crippen LogP contribution in [0.1, 0.15) is 22.3 Å². The number of benzene rings is 2. The molecule has 2 amide bonds. The van der Waals surface area contributed by atoms with Gasteiger partial charge in [0.15, 0.2) is 0 Å². The number of amides is 2. The van der Waals surface area contributed by atoms with Crippen LogP contribution < -0.4 is 5.32 Å². The largest absolute Gasteiger partial charge is 0.354 e. The molecule has 2 aliphatic rings. The number of carbonyl (C=O) groups excluding carboxylic acids is 2. The highest BCUT2D eigenvalue weighted by Crippen LogP contribution is 2.24. The van der Waals surface area contributed by atoms with Crippen molar-refractivity contribution in [1.82, 2.24) is 14.5 Å². The Morgan fingerprint density at radius 2 is 1.80 bits per heavy atom. The standard InChI is InChI=1S/C22H23N3O4S/c26-21-16-25(14-11-23-21)30(28,29)20-8-4-7-19(15-20)22(27)24-12-9-18(10-13-24)17-5-2-1-3-6-17/h1-9,15H,10-14,16H2,(H,23,26). The van der Waals surface area contributed by atoms with E-state index in [0.717, 1.165) is 16.3 Å². The van der Waals surface area contributed by atoms with Gasteiger partial charge in [-0.1, -0.05) is 42.5 Å². The average molecular weight is 426 g/mol.